The lowest BCUT2D eigenvalue weighted by molar-refractivity contribution is -0.277. The third-order valence-corrected chi connectivity index (χ3v) is 6.97. The number of nitrogens with one attached hydrogen (secondary N) is 1. The van der Waals surface area contributed by atoms with Crippen molar-refractivity contribution < 1.29 is 48.9 Å². The number of carbonyl (C=O) groups is 1. The van der Waals surface area contributed by atoms with E-state index in [4.69, 9.17) is 23.7 Å². The summed E-state index contributed by atoms with van der Waals surface area (Å²) in [5, 5.41) is 43.3. The van der Waals surface area contributed by atoms with E-state index in [0.717, 1.165) is 5.56 Å². The topological polar surface area (TPSA) is 173 Å². The molecule has 5 N–H and O–H groups in total. The molecule has 1 aliphatic carbocycles. The average molecular weight is 548 g/mol. The molecule has 0 aromatic heterocycles. The van der Waals surface area contributed by atoms with E-state index in [0.29, 0.717) is 29.5 Å². The second-order valence-electron chi connectivity index (χ2n) is 9.36. The summed E-state index contributed by atoms with van der Waals surface area (Å²) in [5.41, 5.74) is 2.15. The predicted molar refractivity (Wildman–Crippen MR) is 137 cm³/mol. The van der Waals surface area contributed by atoms with Gasteiger partial charge in [-0.25, -0.2) is 0 Å². The van der Waals surface area contributed by atoms with Crippen molar-refractivity contribution in [1.82, 2.24) is 5.32 Å². The highest BCUT2D eigenvalue weighted by atomic mass is 16.7. The van der Waals surface area contributed by atoms with Crippen LogP contribution < -0.4 is 29.7 Å². The molecular weight excluding hydrogens is 514 g/mol. The van der Waals surface area contributed by atoms with Gasteiger partial charge in [0.1, 0.15) is 24.4 Å². The number of aryl methyl sites for hydroxylation is 1. The molecule has 6 atom stereocenters. The molecule has 212 valence electrons. The minimum atomic E-state index is -1.64. The van der Waals surface area contributed by atoms with E-state index in [1.807, 2.05) is 0 Å². The van der Waals surface area contributed by atoms with E-state index in [1.165, 1.54) is 34.3 Å². The summed E-state index contributed by atoms with van der Waals surface area (Å²) in [6.45, 7) is 0.786. The first-order valence-corrected chi connectivity index (χ1v) is 12.4. The number of methoxy groups -OCH3 is 3. The zero-order valence-electron chi connectivity index (χ0n) is 22.0. The molecule has 12 heteroatoms. The van der Waals surface area contributed by atoms with Gasteiger partial charge in [0.2, 0.25) is 23.4 Å². The van der Waals surface area contributed by atoms with Crippen molar-refractivity contribution in [2.24, 2.45) is 0 Å². The summed E-state index contributed by atoms with van der Waals surface area (Å²) in [6.07, 6.45) is -6.56. The molecule has 1 aliphatic heterocycles. The number of aliphatic hydroxyl groups excluding tert-OH is 4. The van der Waals surface area contributed by atoms with E-state index in [1.54, 1.807) is 18.2 Å². The number of rotatable bonds is 7. The molecular formula is C27H33NO11. The van der Waals surface area contributed by atoms with Crippen molar-refractivity contribution in [2.75, 3.05) is 27.9 Å². The zero-order valence-corrected chi connectivity index (χ0v) is 22.0. The molecule has 1 fully saturated rings. The van der Waals surface area contributed by atoms with Gasteiger partial charge in [-0.15, -0.1) is 0 Å². The number of hydrogen-bond donors (Lipinski definition) is 5. The molecule has 2 aromatic rings. The Morgan fingerprint density at radius 1 is 1.00 bits per heavy atom. The second kappa shape index (κ2) is 11.8. The van der Waals surface area contributed by atoms with Gasteiger partial charge in [0.25, 0.3) is 0 Å². The minimum Gasteiger partial charge on any atom is -0.493 e. The third-order valence-electron chi connectivity index (χ3n) is 6.97. The van der Waals surface area contributed by atoms with Crippen molar-refractivity contribution in [3.8, 4) is 34.1 Å². The van der Waals surface area contributed by atoms with Crippen LogP contribution in [0.5, 0.6) is 23.0 Å². The molecule has 1 saturated heterocycles. The zero-order chi connectivity index (χ0) is 28.4. The van der Waals surface area contributed by atoms with Crippen LogP contribution in [0.4, 0.5) is 0 Å². The Hall–Kier alpha value is -3.42. The molecule has 0 unspecified atom stereocenters. The van der Waals surface area contributed by atoms with Crippen molar-refractivity contribution in [3.63, 3.8) is 0 Å². The number of aliphatic hydroxyl groups is 4. The maximum Gasteiger partial charge on any atom is 0.229 e. The van der Waals surface area contributed by atoms with Gasteiger partial charge in [0.15, 0.2) is 17.2 Å². The number of carbonyl (C=O) groups excluding carboxylic acids is 1. The summed E-state index contributed by atoms with van der Waals surface area (Å²) < 4.78 is 28.1. The van der Waals surface area contributed by atoms with Gasteiger partial charge in [-0.05, 0) is 47.7 Å². The lowest BCUT2D eigenvalue weighted by Gasteiger charge is -2.39. The van der Waals surface area contributed by atoms with Gasteiger partial charge < -0.3 is 49.4 Å². The number of ether oxygens (including phenoxy) is 5. The highest BCUT2D eigenvalue weighted by molar-refractivity contribution is 5.83. The quantitative estimate of drug-likeness (QED) is 0.317. The Balaban J connectivity index is 1.89. The molecule has 4 rings (SSSR count). The first-order chi connectivity index (χ1) is 18.6. The lowest BCUT2D eigenvalue weighted by Crippen LogP contribution is -2.60. The Morgan fingerprint density at radius 3 is 2.33 bits per heavy atom. The first-order valence-electron chi connectivity index (χ1n) is 12.4. The van der Waals surface area contributed by atoms with E-state index < -0.39 is 43.4 Å². The lowest BCUT2D eigenvalue weighted by atomic mass is 9.95. The molecule has 2 aromatic carbocycles. The standard InChI is InChI=1S/C27H33NO11/c1-12(30)28-16-7-5-13-9-19(38-27-24(34)23(33)22(32)20(11-29)39-27)25(36-3)26(37-4)21(13)14-6-8-18(35-2)17(31)10-15(14)16/h6,8-10,16,20,22-24,27,29,32-34H,5,7,11H2,1-4H3,(H,28,30)/t16-,20-,22+,23+,24+,27-/m0/s1. The van der Waals surface area contributed by atoms with E-state index >= 15 is 0 Å². The van der Waals surface area contributed by atoms with Crippen LogP contribution in [-0.2, 0) is 16.0 Å². The Bertz CT molecular complexity index is 1280. The van der Waals surface area contributed by atoms with Crippen LogP contribution in [0.2, 0.25) is 0 Å². The number of hydrogen-bond acceptors (Lipinski definition) is 11. The third kappa shape index (κ3) is 5.38. The van der Waals surface area contributed by atoms with Gasteiger partial charge >= 0.3 is 0 Å². The molecule has 0 spiro atoms. The number of benzene rings is 1. The normalized spacial score (nSPS) is 25.9. The van der Waals surface area contributed by atoms with Crippen molar-refractivity contribution in [3.05, 3.63) is 45.6 Å². The molecule has 2 aliphatic rings. The second-order valence-corrected chi connectivity index (χ2v) is 9.36. The SMILES string of the molecule is COc1c(O[C@H]2O[C@@H](CO)[C@@H](O)[C@@H](O)[C@H]2O)cc2c(c1OC)-c1ccc(OC)c(=O)cc1[C@@H](NC(C)=O)CC2. The monoisotopic (exact) mass is 547 g/mol. The summed E-state index contributed by atoms with van der Waals surface area (Å²) >= 11 is 0. The maximum atomic E-state index is 12.9. The Kier molecular flexibility index (Phi) is 8.62. The summed E-state index contributed by atoms with van der Waals surface area (Å²) in [4.78, 5) is 24.9. The van der Waals surface area contributed by atoms with Crippen LogP contribution in [0, 0.1) is 0 Å². The van der Waals surface area contributed by atoms with Gasteiger partial charge in [0.05, 0.1) is 34.0 Å². The van der Waals surface area contributed by atoms with Gasteiger partial charge in [-0.2, -0.15) is 0 Å². The smallest absolute Gasteiger partial charge is 0.229 e. The molecule has 0 radical (unpaired) electrons. The maximum absolute atomic E-state index is 12.9. The molecule has 1 heterocycles. The summed E-state index contributed by atoms with van der Waals surface area (Å²) in [6, 6.07) is 5.87. The fourth-order valence-corrected chi connectivity index (χ4v) is 5.09. The van der Waals surface area contributed by atoms with Crippen LogP contribution in [0.15, 0.2) is 29.1 Å². The Labute approximate surface area is 224 Å². The largest absolute Gasteiger partial charge is 0.493 e. The molecule has 12 nitrogen and oxygen atoms in total. The van der Waals surface area contributed by atoms with Crippen molar-refractivity contribution in [1.29, 1.82) is 0 Å². The first kappa shape index (κ1) is 28.6. The Morgan fingerprint density at radius 2 is 1.72 bits per heavy atom. The molecule has 0 bridgehead atoms. The van der Waals surface area contributed by atoms with Crippen LogP contribution in [0.3, 0.4) is 0 Å². The number of fused-ring (bicyclic) bond motifs is 3. The molecule has 0 saturated carbocycles. The predicted octanol–water partition coefficient (Wildman–Crippen LogP) is 0.0417. The van der Waals surface area contributed by atoms with Crippen LogP contribution in [0.25, 0.3) is 11.1 Å². The van der Waals surface area contributed by atoms with Gasteiger partial charge in [-0.3, -0.25) is 9.59 Å². The molecule has 1 amide bonds. The number of amides is 1. The summed E-state index contributed by atoms with van der Waals surface area (Å²) in [5.74, 6) is 0.368. The fraction of sp³-hybridized carbons (Fsp3) is 0.481. The van der Waals surface area contributed by atoms with Crippen molar-refractivity contribution >= 4 is 5.91 Å². The van der Waals surface area contributed by atoms with Gasteiger partial charge in [-0.1, -0.05) is 6.07 Å². The highest BCUT2D eigenvalue weighted by Crippen LogP contribution is 2.50. The fourth-order valence-electron chi connectivity index (χ4n) is 5.09. The minimum absolute atomic E-state index is 0.111. The van der Waals surface area contributed by atoms with E-state index in [-0.39, 0.29) is 34.3 Å². The van der Waals surface area contributed by atoms with Crippen LogP contribution >= 0.6 is 0 Å². The van der Waals surface area contributed by atoms with Gasteiger partial charge in [0, 0.05) is 12.5 Å². The van der Waals surface area contributed by atoms with E-state index in [9.17, 15) is 30.0 Å². The van der Waals surface area contributed by atoms with Crippen LogP contribution in [0.1, 0.15) is 30.5 Å². The summed E-state index contributed by atoms with van der Waals surface area (Å²) in [7, 11) is 4.23. The van der Waals surface area contributed by atoms with Crippen molar-refractivity contribution in [2.45, 2.75) is 56.5 Å². The van der Waals surface area contributed by atoms with Crippen LogP contribution in [-0.4, -0.2) is 85.0 Å². The van der Waals surface area contributed by atoms with E-state index in [2.05, 4.69) is 5.32 Å². The molecule has 39 heavy (non-hydrogen) atoms. The highest BCUT2D eigenvalue weighted by Gasteiger charge is 2.45. The average Bonchev–Trinajstić information content (AvgIpc) is 3.16.